The highest BCUT2D eigenvalue weighted by Gasteiger charge is 2.39. The Hall–Kier alpha value is -0.173. The van der Waals surface area contributed by atoms with Crippen molar-refractivity contribution in [2.45, 2.75) is 33.2 Å². The molecule has 26 heavy (non-hydrogen) atoms. The minimum atomic E-state index is -2.61. The van der Waals surface area contributed by atoms with Gasteiger partial charge in [0.25, 0.3) is 0 Å². The highest BCUT2D eigenvalue weighted by molar-refractivity contribution is 7.81. The van der Waals surface area contributed by atoms with Crippen LogP contribution < -0.4 is 27.0 Å². The molecule has 0 saturated carbocycles. The molecule has 0 unspecified atom stereocenters. The molecule has 152 valence electrons. The number of benzene rings is 1. The van der Waals surface area contributed by atoms with E-state index in [4.69, 9.17) is 18.0 Å². The second-order valence-electron chi connectivity index (χ2n) is 6.60. The van der Waals surface area contributed by atoms with Gasteiger partial charge in [0.05, 0.1) is 26.6 Å². The zero-order valence-corrected chi connectivity index (χ0v) is 20.4. The summed E-state index contributed by atoms with van der Waals surface area (Å²) in [5.41, 5.74) is 0. The predicted octanol–water partition coefficient (Wildman–Crippen LogP) is 0.746. The molecule has 0 saturated heterocycles. The summed E-state index contributed by atoms with van der Waals surface area (Å²) >= 11 is 0. The van der Waals surface area contributed by atoms with Crippen LogP contribution in [0, 0.1) is 0 Å². The van der Waals surface area contributed by atoms with E-state index in [0.717, 1.165) is 23.5 Å². The monoisotopic (exact) mass is 468 g/mol. The van der Waals surface area contributed by atoms with Gasteiger partial charge in [-0.15, -0.1) is 0 Å². The van der Waals surface area contributed by atoms with Crippen LogP contribution >= 0.6 is 7.26 Å². The highest BCUT2D eigenvalue weighted by Crippen LogP contribution is 2.48. The van der Waals surface area contributed by atoms with Crippen molar-refractivity contribution >= 4 is 21.4 Å². The maximum absolute atomic E-state index is 9.77. The average Bonchev–Trinajstić information content (AvgIpc) is 2.52. The Kier molecular flexibility index (Phi) is 12.2. The fraction of sp³-hybridized carbons (Fsp3) is 0.667. The molecule has 1 rings (SSSR count). The molecular weight excluding hydrogens is 435 g/mol. The molecule has 5 nitrogen and oxygen atoms in total. The van der Waals surface area contributed by atoms with E-state index in [0.29, 0.717) is 26.4 Å². The molecule has 0 aliphatic heterocycles. The minimum absolute atomic E-state index is 0. The maximum Gasteiger partial charge on any atom is 0.501 e. The lowest BCUT2D eigenvalue weighted by molar-refractivity contribution is -0.0000178. The summed E-state index contributed by atoms with van der Waals surface area (Å²) in [6.45, 7) is 14.9. The molecule has 1 aromatic rings. The average molecular weight is 469 g/mol. The van der Waals surface area contributed by atoms with Crippen molar-refractivity contribution < 1.29 is 40.1 Å². The van der Waals surface area contributed by atoms with Crippen LogP contribution in [0.5, 0.6) is 11.5 Å². The number of hydrogen-bond donors (Lipinski definition) is 1. The van der Waals surface area contributed by atoms with Gasteiger partial charge in [-0.1, -0.05) is 0 Å². The third kappa shape index (κ3) is 8.24. The Morgan fingerprint density at radius 2 is 1.50 bits per heavy atom. The van der Waals surface area contributed by atoms with E-state index < -0.39 is 16.1 Å². The largest absolute Gasteiger partial charge is 1.00 e. The number of halogens is 1. The van der Waals surface area contributed by atoms with Crippen LogP contribution in [0.4, 0.5) is 0 Å². The molecular formula is C18H34BrO5PSi. The summed E-state index contributed by atoms with van der Waals surface area (Å²) in [5.74, 6) is 1.14. The lowest BCUT2D eigenvalue weighted by Crippen LogP contribution is -3.00. The van der Waals surface area contributed by atoms with E-state index in [1.54, 1.807) is 6.07 Å². The minimum Gasteiger partial charge on any atom is -1.00 e. The van der Waals surface area contributed by atoms with Gasteiger partial charge in [0, 0.05) is 39.2 Å². The van der Waals surface area contributed by atoms with Gasteiger partial charge in [-0.2, -0.15) is 0 Å². The van der Waals surface area contributed by atoms with Gasteiger partial charge >= 0.3 is 8.80 Å². The summed E-state index contributed by atoms with van der Waals surface area (Å²) in [6, 6.07) is 6.09. The molecule has 1 aromatic carbocycles. The standard InChI is InChI=1S/C18H33O5PSi.BrH/c1-7-21-25(22-8-2,23-9-3)14-10-13-20-17-12-11-16(19)15-18(17)24(4,5)6;/h11-12,15H,7-10,13-14H2,1-6H3;1H. The fourth-order valence-electron chi connectivity index (χ4n) is 2.62. The lowest BCUT2D eigenvalue weighted by atomic mass is 10.3. The van der Waals surface area contributed by atoms with Crippen molar-refractivity contribution in [3.63, 3.8) is 0 Å². The van der Waals surface area contributed by atoms with E-state index in [2.05, 4.69) is 20.0 Å². The molecule has 0 atom stereocenters. The van der Waals surface area contributed by atoms with Gasteiger partial charge in [-0.3, -0.25) is 0 Å². The molecule has 0 radical (unpaired) electrons. The number of phenols is 1. The fourth-order valence-corrected chi connectivity index (χ4v) is 6.52. The highest BCUT2D eigenvalue weighted by atomic mass is 79.9. The predicted molar refractivity (Wildman–Crippen MR) is 108 cm³/mol. The van der Waals surface area contributed by atoms with E-state index in [-0.39, 0.29) is 22.7 Å². The molecule has 0 bridgehead atoms. The van der Waals surface area contributed by atoms with Crippen LogP contribution in [0.3, 0.4) is 0 Å². The van der Waals surface area contributed by atoms with Crippen LogP contribution in [0.2, 0.25) is 6.04 Å². The Balaban J connectivity index is 0.00000625. The van der Waals surface area contributed by atoms with Gasteiger partial charge in [0.1, 0.15) is 11.1 Å². The number of phenolic OH excluding ortho intramolecular Hbond substituents is 1. The van der Waals surface area contributed by atoms with Crippen molar-refractivity contribution in [2.75, 3.05) is 46.4 Å². The third-order valence-electron chi connectivity index (χ3n) is 3.64. The van der Waals surface area contributed by atoms with E-state index in [1.165, 1.54) is 0 Å². The number of rotatable bonds is 12. The quantitative estimate of drug-likeness (QED) is 0.278. The van der Waals surface area contributed by atoms with Gasteiger partial charge in [0.15, 0.2) is 5.75 Å². The summed E-state index contributed by atoms with van der Waals surface area (Å²) < 4.78 is 23.6. The van der Waals surface area contributed by atoms with Crippen LogP contribution in [0.25, 0.3) is 0 Å². The first-order valence-electron chi connectivity index (χ1n) is 8.97. The molecule has 0 amide bonds. The molecule has 0 fully saturated rings. The summed E-state index contributed by atoms with van der Waals surface area (Å²) in [4.78, 5) is 0. The molecule has 0 heterocycles. The van der Waals surface area contributed by atoms with Crippen molar-refractivity contribution in [1.29, 1.82) is 0 Å². The normalized spacial score (nSPS) is 11.9. The second kappa shape index (κ2) is 12.3. The number of hydrogen-bond acceptors (Lipinski definition) is 5. The third-order valence-corrected chi connectivity index (χ3v) is 8.59. The first-order chi connectivity index (χ1) is 11.8. The molecule has 1 N–H and O–H groups in total. The van der Waals surface area contributed by atoms with Crippen LogP contribution in [0.15, 0.2) is 18.2 Å². The Morgan fingerprint density at radius 1 is 0.962 bits per heavy atom. The maximum atomic E-state index is 9.77. The van der Waals surface area contributed by atoms with Crippen LogP contribution in [0.1, 0.15) is 27.2 Å². The Morgan fingerprint density at radius 3 is 1.96 bits per heavy atom. The molecule has 0 aliphatic rings. The molecule has 0 spiro atoms. The first kappa shape index (κ1) is 25.8. The zero-order chi connectivity index (χ0) is 18.9. The smallest absolute Gasteiger partial charge is 0.501 e. The summed E-state index contributed by atoms with van der Waals surface area (Å²) in [5, 5.41) is 10.9. The summed E-state index contributed by atoms with van der Waals surface area (Å²) in [7, 11) is -3.90. The Labute approximate surface area is 170 Å². The second-order valence-corrected chi connectivity index (χ2v) is 13.8. The van der Waals surface area contributed by atoms with E-state index >= 15 is 0 Å². The first-order valence-corrected chi connectivity index (χ1v) is 14.0. The molecule has 0 aliphatic carbocycles. The topological polar surface area (TPSA) is 57.2 Å². The number of aromatic hydroxyl groups is 1. The number of ether oxygens (including phenoxy) is 1. The summed E-state index contributed by atoms with van der Waals surface area (Å²) in [6.07, 6.45) is 0.801. The van der Waals surface area contributed by atoms with Crippen molar-refractivity contribution in [1.82, 2.24) is 0 Å². The van der Waals surface area contributed by atoms with Crippen LogP contribution in [-0.2, 0) is 13.3 Å². The Bertz CT molecular complexity index is 508. The van der Waals surface area contributed by atoms with Gasteiger partial charge in [-0.25, -0.2) is 0 Å². The lowest BCUT2D eigenvalue weighted by Gasteiger charge is -2.28. The van der Waals surface area contributed by atoms with Crippen LogP contribution in [-0.4, -0.2) is 60.3 Å². The van der Waals surface area contributed by atoms with Gasteiger partial charge in [-0.05, 0) is 39.3 Å². The van der Waals surface area contributed by atoms with Crippen molar-refractivity contribution in [2.24, 2.45) is 0 Å². The zero-order valence-electron chi connectivity index (χ0n) is 16.9. The molecule has 0 aromatic heterocycles. The van der Waals surface area contributed by atoms with E-state index in [9.17, 15) is 5.11 Å². The van der Waals surface area contributed by atoms with Gasteiger partial charge in [0.2, 0.25) is 0 Å². The SMILES string of the molecule is CCO[Si](CCCOc1ccc(O)cc1[P+](C)(C)C)(OCC)OCC.[Br-]. The van der Waals surface area contributed by atoms with Gasteiger partial charge < -0.3 is 40.1 Å². The van der Waals surface area contributed by atoms with E-state index in [1.807, 2.05) is 32.9 Å². The van der Waals surface area contributed by atoms with Crippen molar-refractivity contribution in [3.8, 4) is 11.5 Å². The molecule has 8 heteroatoms. The van der Waals surface area contributed by atoms with Crippen molar-refractivity contribution in [3.05, 3.63) is 18.2 Å².